The van der Waals surface area contributed by atoms with Crippen molar-refractivity contribution >= 4 is 11.8 Å². The van der Waals surface area contributed by atoms with E-state index in [9.17, 15) is 40.2 Å². The van der Waals surface area contributed by atoms with E-state index in [4.69, 9.17) is 19.3 Å². The van der Waals surface area contributed by atoms with Crippen LogP contribution < -0.4 is 0 Å². The smallest absolute Gasteiger partial charge is 0.336 e. The number of rotatable bonds is 6. The van der Waals surface area contributed by atoms with Crippen molar-refractivity contribution in [2.24, 2.45) is 0 Å². The van der Waals surface area contributed by atoms with Crippen LogP contribution in [0.15, 0.2) is 35.0 Å². The van der Waals surface area contributed by atoms with Gasteiger partial charge in [-0.25, -0.2) is 4.79 Å². The molecular weight excluding hydrogens is 396 g/mol. The van der Waals surface area contributed by atoms with Gasteiger partial charge in [0.25, 0.3) is 6.29 Å². The number of carbonyl (C=O) groups is 2. The predicted octanol–water partition coefficient (Wildman–Crippen LogP) is -1.64. The maximum Gasteiger partial charge on any atom is 0.336 e. The van der Waals surface area contributed by atoms with Crippen LogP contribution in [0.2, 0.25) is 0 Å². The molecule has 2 rings (SSSR count). The standard InChI is InChI=1S/C17H22O12/c1-5(6(2)19)8-13(9(20)7(4-18)29-17(8,3)26)27-16-12(23)10(21)11(22)14(28-16)15(24)25/h7,9,11,14,16,18,20-23,26H,1,4H2,2-3H3,(H,24,25)/t7?,9-,11+,14?,16-,17?/m1/s1. The molecule has 0 amide bonds. The minimum absolute atomic E-state index is 0.348. The summed E-state index contributed by atoms with van der Waals surface area (Å²) in [5.41, 5.74) is -0.796. The Balaban J connectivity index is 2.58. The van der Waals surface area contributed by atoms with Crippen LogP contribution in [0.4, 0.5) is 0 Å². The fourth-order valence-electron chi connectivity index (χ4n) is 2.91. The van der Waals surface area contributed by atoms with E-state index < -0.39 is 77.7 Å². The van der Waals surface area contributed by atoms with E-state index in [-0.39, 0.29) is 5.57 Å². The van der Waals surface area contributed by atoms with E-state index in [1.165, 1.54) is 0 Å². The molecule has 12 nitrogen and oxygen atoms in total. The molecule has 0 spiro atoms. The molecule has 12 heteroatoms. The number of aliphatic hydroxyl groups is 6. The zero-order valence-electron chi connectivity index (χ0n) is 15.5. The molecule has 3 unspecified atom stereocenters. The Morgan fingerprint density at radius 3 is 2.28 bits per heavy atom. The second-order valence-corrected chi connectivity index (χ2v) is 6.60. The number of hydrogen-bond donors (Lipinski definition) is 7. The Labute approximate surface area is 164 Å². The maximum absolute atomic E-state index is 11.8. The minimum atomic E-state index is -2.29. The number of aliphatic hydroxyl groups excluding tert-OH is 5. The first kappa shape index (κ1) is 22.8. The highest BCUT2D eigenvalue weighted by molar-refractivity contribution is 5.97. The van der Waals surface area contributed by atoms with E-state index in [0.29, 0.717) is 0 Å². The number of ether oxygens (including phenoxy) is 3. The molecule has 162 valence electrons. The summed E-state index contributed by atoms with van der Waals surface area (Å²) in [6.45, 7) is 4.88. The second kappa shape index (κ2) is 8.10. The highest BCUT2D eigenvalue weighted by Crippen LogP contribution is 2.39. The van der Waals surface area contributed by atoms with Crippen LogP contribution in [0.5, 0.6) is 0 Å². The normalized spacial score (nSPS) is 35.4. The van der Waals surface area contributed by atoms with Gasteiger partial charge in [0.15, 0.2) is 29.5 Å². The first-order valence-corrected chi connectivity index (χ1v) is 8.32. The largest absolute Gasteiger partial charge is 0.506 e. The summed E-state index contributed by atoms with van der Waals surface area (Å²) in [6.07, 6.45) is -9.43. The Morgan fingerprint density at radius 2 is 1.79 bits per heavy atom. The summed E-state index contributed by atoms with van der Waals surface area (Å²) in [5.74, 6) is -7.49. The molecule has 6 atom stereocenters. The SMILES string of the molecule is C=C(C(C)=O)C1=C(O[C@@H]2OC(C(=O)O)[C@@H](O)C(O)=C2O)[C@H](O)C(CO)OC1(C)O. The number of carboxylic acid groups (broad SMARTS) is 1. The second-order valence-electron chi connectivity index (χ2n) is 6.60. The molecule has 2 heterocycles. The van der Waals surface area contributed by atoms with Crippen molar-refractivity contribution in [1.29, 1.82) is 0 Å². The fraction of sp³-hybridized carbons (Fsp3) is 0.529. The van der Waals surface area contributed by atoms with E-state index in [2.05, 4.69) is 6.58 Å². The van der Waals surface area contributed by atoms with Crippen molar-refractivity contribution in [3.63, 3.8) is 0 Å². The average molecular weight is 418 g/mol. The highest BCUT2D eigenvalue weighted by Gasteiger charge is 2.49. The van der Waals surface area contributed by atoms with Crippen LogP contribution in [-0.2, 0) is 23.8 Å². The van der Waals surface area contributed by atoms with Gasteiger partial charge >= 0.3 is 5.97 Å². The molecule has 0 saturated carbocycles. The molecule has 0 aromatic heterocycles. The lowest BCUT2D eigenvalue weighted by Gasteiger charge is -2.41. The molecule has 0 aliphatic carbocycles. The topological polar surface area (TPSA) is 203 Å². The summed E-state index contributed by atoms with van der Waals surface area (Å²) in [5, 5.41) is 69.0. The molecular formula is C17H22O12. The lowest BCUT2D eigenvalue weighted by atomic mass is 9.90. The summed E-state index contributed by atoms with van der Waals surface area (Å²) in [6, 6.07) is 0. The summed E-state index contributed by atoms with van der Waals surface area (Å²) in [7, 11) is 0. The van der Waals surface area contributed by atoms with Crippen molar-refractivity contribution in [3.05, 3.63) is 35.0 Å². The van der Waals surface area contributed by atoms with Gasteiger partial charge in [-0.15, -0.1) is 0 Å². The number of carboxylic acids is 1. The summed E-state index contributed by atoms with van der Waals surface area (Å²) < 4.78 is 15.4. The van der Waals surface area contributed by atoms with Gasteiger partial charge in [0.2, 0.25) is 5.76 Å². The summed E-state index contributed by atoms with van der Waals surface area (Å²) in [4.78, 5) is 23.0. The molecule has 0 aromatic carbocycles. The molecule has 2 aliphatic heterocycles. The van der Waals surface area contributed by atoms with Crippen molar-refractivity contribution in [2.45, 2.75) is 50.3 Å². The molecule has 0 bridgehead atoms. The number of hydrogen-bond acceptors (Lipinski definition) is 11. The quantitative estimate of drug-likeness (QED) is 0.243. The third kappa shape index (κ3) is 4.12. The van der Waals surface area contributed by atoms with E-state index in [1.807, 2.05) is 0 Å². The van der Waals surface area contributed by atoms with Gasteiger partial charge in [0.1, 0.15) is 18.0 Å². The molecule has 0 fully saturated rings. The van der Waals surface area contributed by atoms with Gasteiger partial charge in [-0.3, -0.25) is 4.79 Å². The van der Waals surface area contributed by atoms with Gasteiger partial charge in [0, 0.05) is 5.57 Å². The lowest BCUT2D eigenvalue weighted by Crippen LogP contribution is -2.52. The van der Waals surface area contributed by atoms with Crippen LogP contribution in [0, 0.1) is 0 Å². The zero-order valence-corrected chi connectivity index (χ0v) is 15.5. The van der Waals surface area contributed by atoms with Gasteiger partial charge < -0.3 is 50.0 Å². The van der Waals surface area contributed by atoms with Crippen LogP contribution in [0.25, 0.3) is 0 Å². The van der Waals surface area contributed by atoms with Crippen LogP contribution in [-0.4, -0.2) is 90.6 Å². The molecule has 0 saturated heterocycles. The fourth-order valence-corrected chi connectivity index (χ4v) is 2.91. The van der Waals surface area contributed by atoms with E-state index >= 15 is 0 Å². The number of ketones is 1. The van der Waals surface area contributed by atoms with Crippen molar-refractivity contribution in [2.75, 3.05) is 6.61 Å². The minimum Gasteiger partial charge on any atom is -0.506 e. The van der Waals surface area contributed by atoms with Crippen LogP contribution in [0.3, 0.4) is 0 Å². The van der Waals surface area contributed by atoms with Gasteiger partial charge in [0.05, 0.1) is 12.2 Å². The summed E-state index contributed by atoms with van der Waals surface area (Å²) >= 11 is 0. The third-order valence-corrected chi connectivity index (χ3v) is 4.42. The average Bonchev–Trinajstić information content (AvgIpc) is 2.63. The maximum atomic E-state index is 11.8. The molecule has 0 aromatic rings. The Hall–Kier alpha value is -2.48. The van der Waals surface area contributed by atoms with Gasteiger partial charge in [-0.2, -0.15) is 0 Å². The zero-order chi connectivity index (χ0) is 22.3. The number of carbonyl (C=O) groups excluding carboxylic acids is 1. The molecule has 29 heavy (non-hydrogen) atoms. The van der Waals surface area contributed by atoms with Crippen LogP contribution >= 0.6 is 0 Å². The van der Waals surface area contributed by atoms with Crippen LogP contribution in [0.1, 0.15) is 13.8 Å². The monoisotopic (exact) mass is 418 g/mol. The first-order valence-electron chi connectivity index (χ1n) is 8.32. The van der Waals surface area contributed by atoms with E-state index in [0.717, 1.165) is 13.8 Å². The third-order valence-electron chi connectivity index (χ3n) is 4.42. The first-order chi connectivity index (χ1) is 13.3. The van der Waals surface area contributed by atoms with Gasteiger partial charge in [-0.05, 0) is 13.8 Å². The number of aliphatic carboxylic acids is 1. The molecule has 0 radical (unpaired) electrons. The lowest BCUT2D eigenvalue weighted by molar-refractivity contribution is -0.249. The molecule has 2 aliphatic rings. The predicted molar refractivity (Wildman–Crippen MR) is 91.1 cm³/mol. The van der Waals surface area contributed by atoms with Crippen molar-refractivity contribution in [3.8, 4) is 0 Å². The van der Waals surface area contributed by atoms with Crippen molar-refractivity contribution in [1.82, 2.24) is 0 Å². The molecule has 7 N–H and O–H groups in total. The number of Topliss-reactive ketones (excluding diaryl/α,β-unsaturated/α-hetero) is 1. The van der Waals surface area contributed by atoms with Gasteiger partial charge in [-0.1, -0.05) is 6.58 Å². The highest BCUT2D eigenvalue weighted by atomic mass is 16.7. The van der Waals surface area contributed by atoms with E-state index in [1.54, 1.807) is 0 Å². The Kier molecular flexibility index (Phi) is 6.37. The Morgan fingerprint density at radius 1 is 1.21 bits per heavy atom. The van der Waals surface area contributed by atoms with Crippen molar-refractivity contribution < 1.29 is 59.5 Å². The Bertz CT molecular complexity index is 779.